The molecule has 0 fully saturated rings. The van der Waals surface area contributed by atoms with Crippen molar-refractivity contribution in [2.24, 2.45) is 0 Å². The van der Waals surface area contributed by atoms with Crippen LogP contribution in [0.4, 0.5) is 5.69 Å². The molecule has 1 aromatic heterocycles. The molecule has 0 saturated carbocycles. The number of hydrogen-bond acceptors (Lipinski definition) is 3. The van der Waals surface area contributed by atoms with Gasteiger partial charge < -0.3 is 10.1 Å². The predicted molar refractivity (Wildman–Crippen MR) is 87.0 cm³/mol. The molecule has 0 aliphatic rings. The molecule has 110 valence electrons. The fourth-order valence-corrected chi connectivity index (χ4v) is 2.26. The molecule has 2 aromatic carbocycles. The number of aromatic nitrogens is 1. The Morgan fingerprint density at radius 3 is 2.64 bits per heavy atom. The quantitative estimate of drug-likeness (QED) is 0.800. The van der Waals surface area contributed by atoms with Gasteiger partial charge in [0.2, 0.25) is 0 Å². The highest BCUT2D eigenvalue weighted by Crippen LogP contribution is 2.22. The number of aryl methyl sites for hydroxylation is 1. The maximum absolute atomic E-state index is 12.1. The summed E-state index contributed by atoms with van der Waals surface area (Å²) in [7, 11) is 0. The van der Waals surface area contributed by atoms with Gasteiger partial charge in [-0.05, 0) is 31.2 Å². The van der Waals surface area contributed by atoms with Crippen LogP contribution in [0.2, 0.25) is 0 Å². The Morgan fingerprint density at radius 2 is 1.82 bits per heavy atom. The molecule has 0 radical (unpaired) electrons. The number of nitrogens with zero attached hydrogens (tertiary/aromatic N) is 1. The maximum atomic E-state index is 12.1. The number of fused-ring (bicyclic) bond motifs is 1. The number of ether oxygens (including phenoxy) is 1. The number of benzene rings is 2. The topological polar surface area (TPSA) is 51.2 Å². The highest BCUT2D eigenvalue weighted by molar-refractivity contribution is 6.01. The van der Waals surface area contributed by atoms with Crippen LogP contribution in [0.5, 0.6) is 5.75 Å². The summed E-state index contributed by atoms with van der Waals surface area (Å²) >= 11 is 0. The van der Waals surface area contributed by atoms with Crippen molar-refractivity contribution in [2.75, 3.05) is 11.9 Å². The normalized spacial score (nSPS) is 10.4. The molecule has 0 spiro atoms. The first kappa shape index (κ1) is 14.1. The number of pyridine rings is 1. The second-order valence-corrected chi connectivity index (χ2v) is 4.98. The molecule has 0 aliphatic heterocycles. The van der Waals surface area contributed by atoms with E-state index in [1.54, 1.807) is 0 Å². The average molecular weight is 292 g/mol. The lowest BCUT2D eigenvalue weighted by atomic mass is 10.1. The van der Waals surface area contributed by atoms with Gasteiger partial charge in [-0.1, -0.05) is 36.4 Å². The van der Waals surface area contributed by atoms with Crippen molar-refractivity contribution in [1.29, 1.82) is 0 Å². The van der Waals surface area contributed by atoms with E-state index in [-0.39, 0.29) is 12.5 Å². The molecule has 0 unspecified atom stereocenters. The number of anilines is 1. The number of carbonyl (C=O) groups excluding carboxylic acids is 1. The molecule has 1 N–H and O–H groups in total. The highest BCUT2D eigenvalue weighted by atomic mass is 16.5. The van der Waals surface area contributed by atoms with Crippen LogP contribution in [0.3, 0.4) is 0 Å². The third-order valence-corrected chi connectivity index (χ3v) is 3.23. The third-order valence-electron chi connectivity index (χ3n) is 3.23. The zero-order valence-electron chi connectivity index (χ0n) is 12.2. The molecule has 1 amide bonds. The molecule has 0 aliphatic carbocycles. The second-order valence-electron chi connectivity index (χ2n) is 4.98. The summed E-state index contributed by atoms with van der Waals surface area (Å²) < 4.78 is 5.45. The maximum Gasteiger partial charge on any atom is 0.262 e. The monoisotopic (exact) mass is 292 g/mol. The minimum atomic E-state index is -0.195. The van der Waals surface area contributed by atoms with Crippen molar-refractivity contribution >= 4 is 22.5 Å². The van der Waals surface area contributed by atoms with E-state index in [1.807, 2.05) is 67.6 Å². The minimum absolute atomic E-state index is 0.0281. The lowest BCUT2D eigenvalue weighted by Crippen LogP contribution is -2.20. The summed E-state index contributed by atoms with van der Waals surface area (Å²) in [6.07, 6.45) is 0. The summed E-state index contributed by atoms with van der Waals surface area (Å²) in [5.74, 6) is 0.480. The molecule has 0 atom stereocenters. The van der Waals surface area contributed by atoms with E-state index in [0.29, 0.717) is 5.75 Å². The Kier molecular flexibility index (Phi) is 4.01. The van der Waals surface area contributed by atoms with Crippen LogP contribution < -0.4 is 10.1 Å². The number of hydrogen-bond donors (Lipinski definition) is 1. The first-order valence-electron chi connectivity index (χ1n) is 7.06. The average Bonchev–Trinajstić information content (AvgIpc) is 2.54. The van der Waals surface area contributed by atoms with Crippen LogP contribution in [0.15, 0.2) is 60.7 Å². The van der Waals surface area contributed by atoms with Gasteiger partial charge in [-0.15, -0.1) is 0 Å². The lowest BCUT2D eigenvalue weighted by Gasteiger charge is -2.10. The summed E-state index contributed by atoms with van der Waals surface area (Å²) in [5.41, 5.74) is 2.48. The standard InChI is InChI=1S/C18H16N2O2/c1-13-11-17(15-9-5-6-10-16(15)19-13)20-18(21)12-22-14-7-3-2-4-8-14/h2-11H,12H2,1H3,(H,19,20,21). The molecule has 3 rings (SSSR count). The largest absolute Gasteiger partial charge is 0.484 e. The Hall–Kier alpha value is -2.88. The lowest BCUT2D eigenvalue weighted by molar-refractivity contribution is -0.118. The van der Waals surface area contributed by atoms with Gasteiger partial charge >= 0.3 is 0 Å². The molecule has 0 saturated heterocycles. The van der Waals surface area contributed by atoms with E-state index in [9.17, 15) is 4.79 Å². The molecule has 4 heteroatoms. The van der Waals surface area contributed by atoms with Crippen molar-refractivity contribution in [3.05, 3.63) is 66.4 Å². The first-order valence-corrected chi connectivity index (χ1v) is 7.06. The zero-order chi connectivity index (χ0) is 15.4. The van der Waals surface area contributed by atoms with Crippen LogP contribution >= 0.6 is 0 Å². The van der Waals surface area contributed by atoms with Crippen molar-refractivity contribution in [1.82, 2.24) is 4.98 Å². The molecule has 0 bridgehead atoms. The molecule has 3 aromatic rings. The Balaban J connectivity index is 1.74. The number of amides is 1. The van der Waals surface area contributed by atoms with Gasteiger partial charge in [0.1, 0.15) is 5.75 Å². The molecular formula is C18H16N2O2. The molecule has 22 heavy (non-hydrogen) atoms. The van der Waals surface area contributed by atoms with Crippen molar-refractivity contribution in [3.8, 4) is 5.75 Å². The van der Waals surface area contributed by atoms with Gasteiger partial charge in [0.15, 0.2) is 6.61 Å². The van der Waals surface area contributed by atoms with E-state index in [1.165, 1.54) is 0 Å². The summed E-state index contributed by atoms with van der Waals surface area (Å²) in [4.78, 5) is 16.5. The fourth-order valence-electron chi connectivity index (χ4n) is 2.26. The van der Waals surface area contributed by atoms with E-state index in [0.717, 1.165) is 22.3 Å². The van der Waals surface area contributed by atoms with Gasteiger partial charge in [-0.25, -0.2) is 0 Å². The van der Waals surface area contributed by atoms with Crippen LogP contribution in [-0.2, 0) is 4.79 Å². The van der Waals surface area contributed by atoms with E-state index < -0.39 is 0 Å². The van der Waals surface area contributed by atoms with Crippen LogP contribution in [0.1, 0.15) is 5.69 Å². The third kappa shape index (κ3) is 3.23. The van der Waals surface area contributed by atoms with E-state index >= 15 is 0 Å². The first-order chi connectivity index (χ1) is 10.7. The van der Waals surface area contributed by atoms with Crippen LogP contribution in [-0.4, -0.2) is 17.5 Å². The van der Waals surface area contributed by atoms with Gasteiger partial charge in [0, 0.05) is 11.1 Å². The Labute approximate surface area is 128 Å². The van der Waals surface area contributed by atoms with Crippen LogP contribution in [0.25, 0.3) is 10.9 Å². The number of rotatable bonds is 4. The van der Waals surface area contributed by atoms with Gasteiger partial charge in [-0.2, -0.15) is 0 Å². The SMILES string of the molecule is Cc1cc(NC(=O)COc2ccccc2)c2ccccc2n1. The zero-order valence-corrected chi connectivity index (χ0v) is 12.2. The van der Waals surface area contributed by atoms with Crippen molar-refractivity contribution in [3.63, 3.8) is 0 Å². The smallest absolute Gasteiger partial charge is 0.262 e. The van der Waals surface area contributed by atoms with E-state index in [2.05, 4.69) is 10.3 Å². The summed E-state index contributed by atoms with van der Waals surface area (Å²) in [5, 5.41) is 3.81. The fraction of sp³-hybridized carbons (Fsp3) is 0.111. The van der Waals surface area contributed by atoms with Crippen LogP contribution in [0, 0.1) is 6.92 Å². The molecule has 1 heterocycles. The van der Waals surface area contributed by atoms with E-state index in [4.69, 9.17) is 4.74 Å². The number of carbonyl (C=O) groups is 1. The van der Waals surface area contributed by atoms with Crippen molar-refractivity contribution in [2.45, 2.75) is 6.92 Å². The minimum Gasteiger partial charge on any atom is -0.484 e. The summed E-state index contributed by atoms with van der Waals surface area (Å²) in [6, 6.07) is 18.9. The second kappa shape index (κ2) is 6.26. The molecular weight excluding hydrogens is 276 g/mol. The molecule has 4 nitrogen and oxygen atoms in total. The Bertz CT molecular complexity index is 801. The Morgan fingerprint density at radius 1 is 1.09 bits per heavy atom. The van der Waals surface area contributed by atoms with Crippen molar-refractivity contribution < 1.29 is 9.53 Å². The van der Waals surface area contributed by atoms with Gasteiger partial charge in [-0.3, -0.25) is 9.78 Å². The van der Waals surface area contributed by atoms with Gasteiger partial charge in [0.05, 0.1) is 11.2 Å². The number of nitrogens with one attached hydrogen (secondary N) is 1. The predicted octanol–water partition coefficient (Wildman–Crippen LogP) is 3.56. The highest BCUT2D eigenvalue weighted by Gasteiger charge is 2.08. The van der Waals surface area contributed by atoms with Gasteiger partial charge in [0.25, 0.3) is 5.91 Å². The number of para-hydroxylation sites is 2. The summed E-state index contributed by atoms with van der Waals surface area (Å²) in [6.45, 7) is 1.88.